The molecule has 0 aromatic heterocycles. The van der Waals surface area contributed by atoms with Gasteiger partial charge in [0.15, 0.2) is 0 Å². The van der Waals surface area contributed by atoms with Crippen molar-refractivity contribution in [1.29, 1.82) is 0 Å². The molecule has 0 spiro atoms. The van der Waals surface area contributed by atoms with Gasteiger partial charge in [-0.1, -0.05) is 20.3 Å². The van der Waals surface area contributed by atoms with E-state index in [9.17, 15) is 0 Å². The maximum absolute atomic E-state index is 2.12. The largest absolute Gasteiger partial charge is 0.412 e. The first-order chi connectivity index (χ1) is 1.41. The molecule has 0 radical (unpaired) electrons. The molecule has 0 bridgehead atoms. The average Bonchev–Trinajstić information content (AvgIpc) is 0.918. The highest BCUT2D eigenvalue weighted by molar-refractivity contribution is 3.92. The van der Waals surface area contributed by atoms with E-state index in [1.54, 1.807) is 0 Å². The molecule has 2 heteroatoms. The zero-order valence-corrected chi connectivity index (χ0v) is 3.71. The lowest BCUT2D eigenvalue weighted by molar-refractivity contribution is 0.823. The van der Waals surface area contributed by atoms with Crippen molar-refractivity contribution in [2.45, 2.75) is 20.3 Å². The van der Waals surface area contributed by atoms with Crippen LogP contribution in [0.15, 0.2) is 0 Å². The van der Waals surface area contributed by atoms with E-state index in [1.165, 1.54) is 6.42 Å². The highest BCUT2D eigenvalue weighted by Gasteiger charge is 1.35. The van der Waals surface area contributed by atoms with Crippen molar-refractivity contribution < 1.29 is 11.0 Å². The minimum atomic E-state index is 0. The standard InChI is InChI=1S/C3H8.2H2O/c1-3-2;;/h3H2,1-2H3;2*1H2. The zero-order valence-electron chi connectivity index (χ0n) is 3.71. The Balaban J connectivity index is -0.0000000200. The Labute approximate surface area is 32.4 Å². The second-order valence-electron chi connectivity index (χ2n) is 0.707. The van der Waals surface area contributed by atoms with Crippen molar-refractivity contribution in [3.05, 3.63) is 0 Å². The van der Waals surface area contributed by atoms with E-state index >= 15 is 0 Å². The number of hydrogen-bond donors (Lipinski definition) is 0. The zero-order chi connectivity index (χ0) is 2.71. The molecule has 2 nitrogen and oxygen atoms in total. The summed E-state index contributed by atoms with van der Waals surface area (Å²) in [4.78, 5) is 0. The molecular formula is C3H12O2. The molecule has 4 N–H and O–H groups in total. The molecule has 0 unspecified atom stereocenters. The normalized spacial score (nSPS) is 3.60. The Hall–Kier alpha value is -0.0800. The van der Waals surface area contributed by atoms with Crippen LogP contribution < -0.4 is 0 Å². The Bertz CT molecular complexity index is 4.85. The van der Waals surface area contributed by atoms with Gasteiger partial charge in [-0.15, -0.1) is 0 Å². The second-order valence-corrected chi connectivity index (χ2v) is 0.707. The number of hydrogen-bond acceptors (Lipinski definition) is 0. The summed E-state index contributed by atoms with van der Waals surface area (Å²) < 4.78 is 0. The van der Waals surface area contributed by atoms with Crippen LogP contribution in [0.5, 0.6) is 0 Å². The van der Waals surface area contributed by atoms with Gasteiger partial charge in [0.05, 0.1) is 0 Å². The van der Waals surface area contributed by atoms with E-state index in [2.05, 4.69) is 13.8 Å². The van der Waals surface area contributed by atoms with Gasteiger partial charge in [0.1, 0.15) is 0 Å². The van der Waals surface area contributed by atoms with Crippen LogP contribution in [0.3, 0.4) is 0 Å². The summed E-state index contributed by atoms with van der Waals surface area (Å²) in [7, 11) is 0. The molecule has 0 saturated carbocycles. The maximum atomic E-state index is 2.12. The topological polar surface area (TPSA) is 63.0 Å². The van der Waals surface area contributed by atoms with Crippen LogP contribution in [0.4, 0.5) is 0 Å². The van der Waals surface area contributed by atoms with Gasteiger partial charge >= 0.3 is 0 Å². The lowest BCUT2D eigenvalue weighted by Crippen LogP contribution is -1.27. The van der Waals surface area contributed by atoms with Crippen LogP contribution >= 0.6 is 0 Å². The van der Waals surface area contributed by atoms with E-state index in [-0.39, 0.29) is 11.0 Å². The van der Waals surface area contributed by atoms with Crippen LogP contribution in [0.25, 0.3) is 0 Å². The molecular weight excluding hydrogens is 68.0 g/mol. The van der Waals surface area contributed by atoms with E-state index < -0.39 is 0 Å². The first kappa shape index (κ1) is 20.5. The fraction of sp³-hybridized carbons (Fsp3) is 1.00. The highest BCUT2D eigenvalue weighted by atomic mass is 16.0. The lowest BCUT2D eigenvalue weighted by atomic mass is 10.6. The van der Waals surface area contributed by atoms with Crippen molar-refractivity contribution in [2.24, 2.45) is 0 Å². The summed E-state index contributed by atoms with van der Waals surface area (Å²) in [5, 5.41) is 0. The van der Waals surface area contributed by atoms with E-state index in [4.69, 9.17) is 0 Å². The smallest absolute Gasteiger partial charge is 0.0590 e. The molecule has 0 rings (SSSR count). The second kappa shape index (κ2) is 39.5. The molecule has 0 saturated heterocycles. The molecule has 36 valence electrons. The quantitative estimate of drug-likeness (QED) is 0.386. The van der Waals surface area contributed by atoms with Crippen molar-refractivity contribution in [3.8, 4) is 0 Å². The minimum Gasteiger partial charge on any atom is -0.412 e. The first-order valence-corrected chi connectivity index (χ1v) is 1.41. The van der Waals surface area contributed by atoms with Gasteiger partial charge in [0.2, 0.25) is 0 Å². The minimum absolute atomic E-state index is 0. The molecule has 0 fully saturated rings. The lowest BCUT2D eigenvalue weighted by Gasteiger charge is -1.48. The highest BCUT2D eigenvalue weighted by Crippen LogP contribution is 1.56. The summed E-state index contributed by atoms with van der Waals surface area (Å²) in [6.07, 6.45) is 1.25. The first-order valence-electron chi connectivity index (χ1n) is 1.41. The van der Waals surface area contributed by atoms with Gasteiger partial charge in [-0.3, -0.25) is 0 Å². The van der Waals surface area contributed by atoms with E-state index in [0.29, 0.717) is 0 Å². The fourth-order valence-corrected chi connectivity index (χ4v) is 0. The molecule has 0 heterocycles. The Morgan fingerprint density at radius 1 is 1.00 bits per heavy atom. The summed E-state index contributed by atoms with van der Waals surface area (Å²) in [5.41, 5.74) is 0. The average molecular weight is 80.1 g/mol. The van der Waals surface area contributed by atoms with Crippen LogP contribution in [0.2, 0.25) is 0 Å². The molecule has 0 atom stereocenters. The molecule has 5 heavy (non-hydrogen) atoms. The van der Waals surface area contributed by atoms with Gasteiger partial charge < -0.3 is 11.0 Å². The van der Waals surface area contributed by atoms with Gasteiger partial charge in [0, 0.05) is 0 Å². The molecule has 0 aromatic rings. The maximum Gasteiger partial charge on any atom is -0.0590 e. The Kier molecular flexibility index (Phi) is 162. The van der Waals surface area contributed by atoms with Gasteiger partial charge in [0.25, 0.3) is 0 Å². The Morgan fingerprint density at radius 2 is 1.00 bits per heavy atom. The molecule has 0 amide bonds. The fourth-order valence-electron chi connectivity index (χ4n) is 0. The van der Waals surface area contributed by atoms with Crippen LogP contribution in [0.1, 0.15) is 20.3 Å². The summed E-state index contributed by atoms with van der Waals surface area (Å²) in [5.74, 6) is 0. The third-order valence-corrected chi connectivity index (χ3v) is 0. The van der Waals surface area contributed by atoms with Crippen LogP contribution in [0, 0.1) is 0 Å². The third-order valence-electron chi connectivity index (χ3n) is 0. The summed E-state index contributed by atoms with van der Waals surface area (Å²) >= 11 is 0. The van der Waals surface area contributed by atoms with Crippen LogP contribution in [-0.4, -0.2) is 11.0 Å². The van der Waals surface area contributed by atoms with Gasteiger partial charge in [-0.05, 0) is 0 Å². The van der Waals surface area contributed by atoms with E-state index in [1.807, 2.05) is 0 Å². The summed E-state index contributed by atoms with van der Waals surface area (Å²) in [6.45, 7) is 4.25. The van der Waals surface area contributed by atoms with Crippen molar-refractivity contribution >= 4 is 0 Å². The molecule has 0 aromatic carbocycles. The Morgan fingerprint density at radius 3 is 1.00 bits per heavy atom. The van der Waals surface area contributed by atoms with Gasteiger partial charge in [-0.2, -0.15) is 0 Å². The monoisotopic (exact) mass is 80.1 g/mol. The van der Waals surface area contributed by atoms with E-state index in [0.717, 1.165) is 0 Å². The molecule has 0 aliphatic carbocycles. The third kappa shape index (κ3) is 2260. The van der Waals surface area contributed by atoms with Crippen molar-refractivity contribution in [3.63, 3.8) is 0 Å². The van der Waals surface area contributed by atoms with Gasteiger partial charge in [-0.25, -0.2) is 0 Å². The predicted molar refractivity (Wildman–Crippen MR) is 23.2 cm³/mol. The number of rotatable bonds is 0. The molecule has 0 aliphatic heterocycles. The SMILES string of the molecule is CCC.O.O. The van der Waals surface area contributed by atoms with Crippen molar-refractivity contribution in [1.82, 2.24) is 0 Å². The van der Waals surface area contributed by atoms with Crippen LogP contribution in [-0.2, 0) is 0 Å². The summed E-state index contributed by atoms with van der Waals surface area (Å²) in [6, 6.07) is 0. The molecule has 0 aliphatic rings. The predicted octanol–water partition coefficient (Wildman–Crippen LogP) is -0.233. The van der Waals surface area contributed by atoms with Crippen molar-refractivity contribution in [2.75, 3.05) is 0 Å².